The Hall–Kier alpha value is -1.99. The van der Waals surface area contributed by atoms with Crippen LogP contribution < -0.4 is 9.80 Å². The van der Waals surface area contributed by atoms with Crippen LogP contribution in [0.15, 0.2) is 54.6 Å². The first-order chi connectivity index (χ1) is 14.5. The van der Waals surface area contributed by atoms with E-state index in [0.29, 0.717) is 5.17 Å². The summed E-state index contributed by atoms with van der Waals surface area (Å²) in [5, 5.41) is 8.78. The molecule has 5 nitrogen and oxygen atoms in total. The molecule has 3 aliphatic rings. The lowest BCUT2D eigenvalue weighted by Crippen LogP contribution is -2.37. The van der Waals surface area contributed by atoms with Crippen molar-refractivity contribution in [3.8, 4) is 0 Å². The van der Waals surface area contributed by atoms with E-state index in [2.05, 4.69) is 47.4 Å². The number of piperidine rings is 1. The van der Waals surface area contributed by atoms with Crippen LogP contribution in [0, 0.1) is 11.3 Å². The number of sulfone groups is 1. The Morgan fingerprint density at radius 1 is 0.933 bits per heavy atom. The monoisotopic (exact) mass is 441 g/mol. The second-order valence-corrected chi connectivity index (χ2v) is 12.0. The number of anilines is 2. The Bertz CT molecular complexity index is 1020. The van der Waals surface area contributed by atoms with Crippen LogP contribution in [0.1, 0.15) is 18.4 Å². The quantitative estimate of drug-likeness (QED) is 0.782. The third kappa shape index (κ3) is 3.97. The number of fused-ring (bicyclic) bond motifs is 1. The highest BCUT2D eigenvalue weighted by Crippen LogP contribution is 2.40. The molecule has 0 radical (unpaired) electrons. The zero-order valence-electron chi connectivity index (χ0n) is 16.9. The lowest BCUT2D eigenvalue weighted by Gasteiger charge is -2.34. The minimum Gasteiger partial charge on any atom is -0.372 e. The van der Waals surface area contributed by atoms with Crippen LogP contribution in [-0.4, -0.2) is 49.5 Å². The highest BCUT2D eigenvalue weighted by Gasteiger charge is 2.48. The summed E-state index contributed by atoms with van der Waals surface area (Å²) in [6.07, 6.45) is 3.56. The van der Waals surface area contributed by atoms with E-state index in [0.717, 1.165) is 31.1 Å². The Morgan fingerprint density at radius 2 is 1.60 bits per heavy atom. The van der Waals surface area contributed by atoms with E-state index < -0.39 is 9.84 Å². The Kier molecular flexibility index (Phi) is 5.27. The van der Waals surface area contributed by atoms with E-state index in [1.54, 1.807) is 0 Å². The third-order valence-electron chi connectivity index (χ3n) is 6.56. The number of hydrogen-bond acceptors (Lipinski definition) is 5. The molecule has 2 aromatic carbocycles. The molecule has 3 heterocycles. The smallest absolute Gasteiger partial charge is 0.161 e. The highest BCUT2D eigenvalue weighted by molar-refractivity contribution is 8.15. The van der Waals surface area contributed by atoms with Crippen LogP contribution >= 0.6 is 11.8 Å². The van der Waals surface area contributed by atoms with Crippen molar-refractivity contribution in [2.75, 3.05) is 34.4 Å². The van der Waals surface area contributed by atoms with Gasteiger partial charge in [-0.05, 0) is 55.0 Å². The summed E-state index contributed by atoms with van der Waals surface area (Å²) in [5.41, 5.74) is 3.57. The van der Waals surface area contributed by atoms with Gasteiger partial charge in [-0.3, -0.25) is 5.41 Å². The molecule has 5 rings (SSSR count). The molecule has 30 heavy (non-hydrogen) atoms. The van der Waals surface area contributed by atoms with Gasteiger partial charge in [0.2, 0.25) is 0 Å². The molecule has 7 heteroatoms. The fourth-order valence-corrected chi connectivity index (χ4v) is 8.77. The third-order valence-corrected chi connectivity index (χ3v) is 9.69. The zero-order valence-corrected chi connectivity index (χ0v) is 18.5. The fourth-order valence-electron chi connectivity index (χ4n) is 4.98. The summed E-state index contributed by atoms with van der Waals surface area (Å²) in [4.78, 5) is 4.36. The summed E-state index contributed by atoms with van der Waals surface area (Å²) in [6, 6.07) is 19.0. The van der Waals surface area contributed by atoms with Gasteiger partial charge in [0.05, 0.1) is 17.5 Å². The maximum Gasteiger partial charge on any atom is 0.161 e. The number of hydrogen-bond donors (Lipinski definition) is 1. The predicted octanol–water partition coefficient (Wildman–Crippen LogP) is 3.80. The Labute approximate surface area is 182 Å². The number of amidine groups is 1. The summed E-state index contributed by atoms with van der Waals surface area (Å²) in [5.74, 6) is 1.09. The topological polar surface area (TPSA) is 64.5 Å². The molecule has 3 saturated heterocycles. The minimum absolute atomic E-state index is 0.00850. The molecular weight excluding hydrogens is 414 g/mol. The van der Waals surface area contributed by atoms with Crippen molar-refractivity contribution >= 4 is 38.1 Å². The molecule has 2 unspecified atom stereocenters. The lowest BCUT2D eigenvalue weighted by molar-refractivity contribution is 0.404. The van der Waals surface area contributed by atoms with Crippen molar-refractivity contribution in [1.29, 1.82) is 5.41 Å². The molecule has 2 aromatic rings. The number of thioether (sulfide) groups is 1. The van der Waals surface area contributed by atoms with Crippen LogP contribution in [0.5, 0.6) is 0 Å². The normalized spacial score (nSPS) is 26.2. The standard InChI is InChI=1S/C23H27N3O2S2/c24-23-26(21-15-30(27,28)16-22(21)29-23)20-8-6-19(7-9-20)25-12-10-18(11-13-25)14-17-4-2-1-3-5-17/h1-9,18,21-22,24H,10-16H2. The molecule has 1 N–H and O–H groups in total. The van der Waals surface area contributed by atoms with Gasteiger partial charge in [-0.15, -0.1) is 0 Å². The highest BCUT2D eigenvalue weighted by atomic mass is 32.2. The van der Waals surface area contributed by atoms with Crippen LogP contribution in [0.3, 0.4) is 0 Å². The lowest BCUT2D eigenvalue weighted by atomic mass is 9.90. The number of benzene rings is 2. The maximum absolute atomic E-state index is 12.0. The molecule has 158 valence electrons. The van der Waals surface area contributed by atoms with Crippen LogP contribution in [0.25, 0.3) is 0 Å². The maximum atomic E-state index is 12.0. The molecule has 2 atom stereocenters. The molecule has 3 fully saturated rings. The van der Waals surface area contributed by atoms with Crippen molar-refractivity contribution in [3.05, 3.63) is 60.2 Å². The van der Waals surface area contributed by atoms with Crippen molar-refractivity contribution in [2.24, 2.45) is 5.92 Å². The van der Waals surface area contributed by atoms with Gasteiger partial charge >= 0.3 is 0 Å². The van der Waals surface area contributed by atoms with Crippen LogP contribution in [-0.2, 0) is 16.3 Å². The molecule has 0 spiro atoms. The minimum atomic E-state index is -2.99. The summed E-state index contributed by atoms with van der Waals surface area (Å²) in [7, 11) is -2.99. The van der Waals surface area contributed by atoms with Crippen LogP contribution in [0.4, 0.5) is 11.4 Å². The number of rotatable bonds is 4. The average molecular weight is 442 g/mol. The van der Waals surface area contributed by atoms with Gasteiger partial charge in [0.1, 0.15) is 0 Å². The Morgan fingerprint density at radius 3 is 2.30 bits per heavy atom. The number of nitrogens with zero attached hydrogens (tertiary/aromatic N) is 2. The zero-order chi connectivity index (χ0) is 20.7. The van der Waals surface area contributed by atoms with Gasteiger partial charge in [-0.2, -0.15) is 0 Å². The van der Waals surface area contributed by atoms with Gasteiger partial charge in [-0.1, -0.05) is 42.1 Å². The van der Waals surface area contributed by atoms with Crippen LogP contribution in [0.2, 0.25) is 0 Å². The molecular formula is C23H27N3O2S2. The van der Waals surface area contributed by atoms with E-state index in [4.69, 9.17) is 5.41 Å². The van der Waals surface area contributed by atoms with E-state index in [9.17, 15) is 8.42 Å². The second-order valence-electron chi connectivity index (χ2n) is 8.61. The molecule has 0 amide bonds. The van der Waals surface area contributed by atoms with Gasteiger partial charge < -0.3 is 9.80 Å². The second kappa shape index (κ2) is 7.93. The number of nitrogens with one attached hydrogen (secondary N) is 1. The molecule has 0 aromatic heterocycles. The van der Waals surface area contributed by atoms with E-state index in [1.165, 1.54) is 35.9 Å². The first-order valence-electron chi connectivity index (χ1n) is 10.6. The largest absolute Gasteiger partial charge is 0.372 e. The predicted molar refractivity (Wildman–Crippen MR) is 126 cm³/mol. The van der Waals surface area contributed by atoms with Crippen molar-refractivity contribution in [2.45, 2.75) is 30.6 Å². The summed E-state index contributed by atoms with van der Waals surface area (Å²) < 4.78 is 24.0. The van der Waals surface area contributed by atoms with E-state index >= 15 is 0 Å². The first kappa shape index (κ1) is 19.9. The molecule has 0 bridgehead atoms. The SMILES string of the molecule is N=C1SC2CS(=O)(=O)CC2N1c1ccc(N2CCC(Cc3ccccc3)CC2)cc1. The average Bonchev–Trinajstić information content (AvgIpc) is 3.19. The van der Waals surface area contributed by atoms with Gasteiger partial charge in [0.25, 0.3) is 0 Å². The molecule has 0 saturated carbocycles. The van der Waals surface area contributed by atoms with Crippen molar-refractivity contribution < 1.29 is 8.42 Å². The van der Waals surface area contributed by atoms with E-state index in [-0.39, 0.29) is 22.8 Å². The summed E-state index contributed by atoms with van der Waals surface area (Å²) in [6.45, 7) is 2.13. The molecule has 0 aliphatic carbocycles. The van der Waals surface area contributed by atoms with E-state index in [1.807, 2.05) is 17.0 Å². The fraction of sp³-hybridized carbons (Fsp3) is 0.435. The molecule has 3 aliphatic heterocycles. The van der Waals surface area contributed by atoms with Gasteiger partial charge in [-0.25, -0.2) is 8.42 Å². The Balaban J connectivity index is 1.22. The van der Waals surface area contributed by atoms with Gasteiger partial charge in [0, 0.05) is 29.7 Å². The van der Waals surface area contributed by atoms with Gasteiger partial charge in [0.15, 0.2) is 15.0 Å². The summed E-state index contributed by atoms with van der Waals surface area (Å²) >= 11 is 1.39. The van der Waals surface area contributed by atoms with Crippen molar-refractivity contribution in [1.82, 2.24) is 0 Å². The first-order valence-corrected chi connectivity index (χ1v) is 13.3. The van der Waals surface area contributed by atoms with Crippen molar-refractivity contribution in [3.63, 3.8) is 0 Å².